The summed E-state index contributed by atoms with van der Waals surface area (Å²) >= 11 is 6.12. The molecule has 0 unspecified atom stereocenters. The Balaban J connectivity index is 2.39. The van der Waals surface area contributed by atoms with Gasteiger partial charge in [0.05, 0.1) is 11.1 Å². The molecule has 0 fully saturated rings. The molecule has 2 heterocycles. The molecule has 0 amide bonds. The molecule has 0 N–H and O–H groups in total. The Morgan fingerprint density at radius 3 is 2.53 bits per heavy atom. The number of pyridine rings is 1. The van der Waals surface area contributed by atoms with Gasteiger partial charge in [0.25, 0.3) is 0 Å². The highest BCUT2D eigenvalue weighted by molar-refractivity contribution is 6.30. The van der Waals surface area contributed by atoms with Gasteiger partial charge in [0, 0.05) is 5.56 Å². The summed E-state index contributed by atoms with van der Waals surface area (Å²) in [5.74, 6) is -0.0175. The van der Waals surface area contributed by atoms with Crippen LogP contribution in [0.15, 0.2) is 48.5 Å². The number of aromatic nitrogens is 2. The quantitative estimate of drug-likeness (QED) is 0.523. The first kappa shape index (κ1) is 11.9. The standard InChI is InChI=1S/C15H11ClN2O/c1-10(19)14-12-8-5-9-13(16)18(12)17-15(14)11-6-3-2-4-7-11/h2-9H,1H3. The van der Waals surface area contributed by atoms with E-state index < -0.39 is 0 Å². The molecule has 3 rings (SSSR count). The van der Waals surface area contributed by atoms with Crippen LogP contribution in [0.5, 0.6) is 0 Å². The average molecular weight is 271 g/mol. The monoisotopic (exact) mass is 270 g/mol. The van der Waals surface area contributed by atoms with E-state index in [1.54, 1.807) is 17.5 Å². The third-order valence-corrected chi connectivity index (χ3v) is 3.30. The Labute approximate surface area is 115 Å². The number of halogens is 1. The van der Waals surface area contributed by atoms with E-state index >= 15 is 0 Å². The molecule has 4 heteroatoms. The Hall–Kier alpha value is -2.13. The van der Waals surface area contributed by atoms with Gasteiger partial charge in [0.1, 0.15) is 10.8 Å². The van der Waals surface area contributed by atoms with Crippen LogP contribution in [0.3, 0.4) is 0 Å². The number of fused-ring (bicyclic) bond motifs is 1. The first-order chi connectivity index (χ1) is 9.18. The lowest BCUT2D eigenvalue weighted by atomic mass is 10.0. The molecular formula is C15H11ClN2O. The van der Waals surface area contributed by atoms with Gasteiger partial charge in [0.15, 0.2) is 5.78 Å². The predicted molar refractivity (Wildman–Crippen MR) is 75.6 cm³/mol. The third-order valence-electron chi connectivity index (χ3n) is 3.01. The van der Waals surface area contributed by atoms with E-state index in [4.69, 9.17) is 11.6 Å². The summed E-state index contributed by atoms with van der Waals surface area (Å²) in [6.07, 6.45) is 0. The molecule has 0 aliphatic carbocycles. The molecule has 3 aromatic rings. The zero-order chi connectivity index (χ0) is 13.4. The van der Waals surface area contributed by atoms with Gasteiger partial charge in [-0.3, -0.25) is 4.79 Å². The Morgan fingerprint density at radius 2 is 1.84 bits per heavy atom. The van der Waals surface area contributed by atoms with Crippen LogP contribution in [-0.4, -0.2) is 15.4 Å². The van der Waals surface area contributed by atoms with Gasteiger partial charge in [-0.2, -0.15) is 5.10 Å². The van der Waals surface area contributed by atoms with E-state index in [9.17, 15) is 4.79 Å². The van der Waals surface area contributed by atoms with E-state index in [2.05, 4.69) is 5.10 Å². The fraction of sp³-hybridized carbons (Fsp3) is 0.0667. The number of Topliss-reactive ketones (excluding diaryl/α,β-unsaturated/α-hetero) is 1. The molecule has 3 nitrogen and oxygen atoms in total. The fourth-order valence-electron chi connectivity index (χ4n) is 2.18. The molecule has 0 radical (unpaired) electrons. The van der Waals surface area contributed by atoms with Crippen LogP contribution < -0.4 is 0 Å². The average Bonchev–Trinajstić information content (AvgIpc) is 2.81. The van der Waals surface area contributed by atoms with Crippen molar-refractivity contribution in [2.24, 2.45) is 0 Å². The van der Waals surface area contributed by atoms with Crippen molar-refractivity contribution in [2.75, 3.05) is 0 Å². The number of carbonyl (C=O) groups excluding carboxylic acids is 1. The lowest BCUT2D eigenvalue weighted by Crippen LogP contribution is -1.94. The van der Waals surface area contributed by atoms with Crippen molar-refractivity contribution in [1.29, 1.82) is 0 Å². The van der Waals surface area contributed by atoms with Crippen LogP contribution in [0.2, 0.25) is 5.15 Å². The largest absolute Gasteiger partial charge is 0.294 e. The normalized spacial score (nSPS) is 10.8. The number of hydrogen-bond donors (Lipinski definition) is 0. The third kappa shape index (κ3) is 1.92. The maximum Gasteiger partial charge on any atom is 0.164 e. The molecule has 0 bridgehead atoms. The highest BCUT2D eigenvalue weighted by Gasteiger charge is 2.18. The van der Waals surface area contributed by atoms with E-state index in [1.165, 1.54) is 0 Å². The molecular weight excluding hydrogens is 260 g/mol. The van der Waals surface area contributed by atoms with Crippen LogP contribution >= 0.6 is 11.6 Å². The number of ketones is 1. The second kappa shape index (κ2) is 4.52. The van der Waals surface area contributed by atoms with Crippen molar-refractivity contribution in [1.82, 2.24) is 9.61 Å². The highest BCUT2D eigenvalue weighted by atomic mass is 35.5. The van der Waals surface area contributed by atoms with Gasteiger partial charge in [-0.15, -0.1) is 0 Å². The topological polar surface area (TPSA) is 34.4 Å². The minimum atomic E-state index is -0.0175. The number of nitrogens with zero attached hydrogens (tertiary/aromatic N) is 2. The lowest BCUT2D eigenvalue weighted by Gasteiger charge is -1.98. The molecule has 2 aromatic heterocycles. The van der Waals surface area contributed by atoms with Crippen molar-refractivity contribution >= 4 is 22.9 Å². The van der Waals surface area contributed by atoms with Gasteiger partial charge in [-0.25, -0.2) is 4.52 Å². The van der Waals surface area contributed by atoms with Crippen molar-refractivity contribution < 1.29 is 4.79 Å². The zero-order valence-electron chi connectivity index (χ0n) is 10.3. The molecule has 0 aliphatic heterocycles. The lowest BCUT2D eigenvalue weighted by molar-refractivity contribution is 0.102. The van der Waals surface area contributed by atoms with Crippen molar-refractivity contribution in [3.8, 4) is 11.3 Å². The molecule has 19 heavy (non-hydrogen) atoms. The first-order valence-electron chi connectivity index (χ1n) is 5.92. The molecule has 0 aliphatic rings. The van der Waals surface area contributed by atoms with Gasteiger partial charge in [-0.05, 0) is 19.1 Å². The number of hydrogen-bond acceptors (Lipinski definition) is 2. The van der Waals surface area contributed by atoms with Crippen LogP contribution in [-0.2, 0) is 0 Å². The van der Waals surface area contributed by atoms with Crippen molar-refractivity contribution in [3.63, 3.8) is 0 Å². The fourth-order valence-corrected chi connectivity index (χ4v) is 2.38. The van der Waals surface area contributed by atoms with Crippen molar-refractivity contribution in [2.45, 2.75) is 6.92 Å². The summed E-state index contributed by atoms with van der Waals surface area (Å²) in [5, 5.41) is 4.96. The summed E-state index contributed by atoms with van der Waals surface area (Å²) in [6.45, 7) is 1.55. The van der Waals surface area contributed by atoms with E-state index in [1.807, 2.05) is 42.5 Å². The minimum absolute atomic E-state index is 0.0175. The van der Waals surface area contributed by atoms with Gasteiger partial charge >= 0.3 is 0 Å². The smallest absolute Gasteiger partial charge is 0.164 e. The van der Waals surface area contributed by atoms with Crippen LogP contribution in [0.25, 0.3) is 16.8 Å². The molecule has 0 spiro atoms. The number of benzene rings is 1. The Bertz CT molecular complexity index is 762. The number of carbonyl (C=O) groups is 1. The summed E-state index contributed by atoms with van der Waals surface area (Å²) in [7, 11) is 0. The predicted octanol–water partition coefficient (Wildman–Crippen LogP) is 3.86. The van der Waals surface area contributed by atoms with Crippen LogP contribution in [0, 0.1) is 0 Å². The Morgan fingerprint density at radius 1 is 1.11 bits per heavy atom. The minimum Gasteiger partial charge on any atom is -0.294 e. The van der Waals surface area contributed by atoms with Crippen molar-refractivity contribution in [3.05, 3.63) is 59.2 Å². The van der Waals surface area contributed by atoms with E-state index in [0.717, 1.165) is 11.1 Å². The van der Waals surface area contributed by atoms with Crippen LogP contribution in [0.4, 0.5) is 0 Å². The van der Waals surface area contributed by atoms with Gasteiger partial charge in [0.2, 0.25) is 0 Å². The second-order valence-corrected chi connectivity index (χ2v) is 4.68. The molecule has 0 atom stereocenters. The summed E-state index contributed by atoms with van der Waals surface area (Å²) < 4.78 is 1.60. The first-order valence-corrected chi connectivity index (χ1v) is 6.30. The van der Waals surface area contributed by atoms with Crippen LogP contribution in [0.1, 0.15) is 17.3 Å². The summed E-state index contributed by atoms with van der Waals surface area (Å²) in [6, 6.07) is 15.1. The number of rotatable bonds is 2. The summed E-state index contributed by atoms with van der Waals surface area (Å²) in [4.78, 5) is 11.9. The maximum absolute atomic E-state index is 11.9. The molecule has 0 saturated heterocycles. The second-order valence-electron chi connectivity index (χ2n) is 4.29. The zero-order valence-corrected chi connectivity index (χ0v) is 11.1. The van der Waals surface area contributed by atoms with Gasteiger partial charge in [-0.1, -0.05) is 48.0 Å². The van der Waals surface area contributed by atoms with E-state index in [-0.39, 0.29) is 5.78 Å². The SMILES string of the molecule is CC(=O)c1c(-c2ccccc2)nn2c(Cl)cccc12. The Kier molecular flexibility index (Phi) is 2.84. The summed E-state index contributed by atoms with van der Waals surface area (Å²) in [5.41, 5.74) is 2.92. The van der Waals surface area contributed by atoms with Gasteiger partial charge < -0.3 is 0 Å². The van der Waals surface area contributed by atoms with E-state index in [0.29, 0.717) is 16.4 Å². The maximum atomic E-state index is 11.9. The molecule has 1 aromatic carbocycles. The molecule has 0 saturated carbocycles. The molecule has 94 valence electrons. The highest BCUT2D eigenvalue weighted by Crippen LogP contribution is 2.28.